The number of piperazine rings is 1. The maximum Gasteiger partial charge on any atom is 0.341 e. The Kier molecular flexibility index (Phi) is 6.45. The Bertz CT molecular complexity index is 1020. The third kappa shape index (κ3) is 4.48. The highest BCUT2D eigenvalue weighted by Crippen LogP contribution is 2.32. The zero-order valence-electron chi connectivity index (χ0n) is 17.3. The van der Waals surface area contributed by atoms with E-state index in [0.29, 0.717) is 36.2 Å². The molecule has 2 aromatic carbocycles. The summed E-state index contributed by atoms with van der Waals surface area (Å²) in [6.07, 6.45) is 0. The summed E-state index contributed by atoms with van der Waals surface area (Å²) in [6.45, 7) is 3.71. The molecule has 0 amide bonds. The van der Waals surface area contributed by atoms with Crippen LogP contribution in [-0.2, 0) is 4.84 Å². The average Bonchev–Trinajstić information content (AvgIpc) is 3.18. The summed E-state index contributed by atoms with van der Waals surface area (Å²) in [5.41, 5.74) is 4.37. The van der Waals surface area contributed by atoms with Crippen molar-refractivity contribution in [2.75, 3.05) is 26.2 Å². The van der Waals surface area contributed by atoms with Gasteiger partial charge in [0.1, 0.15) is 0 Å². The summed E-state index contributed by atoms with van der Waals surface area (Å²) >= 11 is 12.2. The molecule has 1 fully saturated rings. The predicted octanol–water partition coefficient (Wildman–Crippen LogP) is 4.47. The van der Waals surface area contributed by atoms with Crippen LogP contribution in [0.15, 0.2) is 71.6 Å². The van der Waals surface area contributed by atoms with E-state index in [-0.39, 0.29) is 29.1 Å². The standard InChI is InChI=1S/C22H22Cl2N4O4/c1-14-20(28(30)31)19(25-32-14)22(29)27-12-10-26(11-13-27)21(15-2-6-17(23)7-3-15)16-4-8-18(24)9-5-16/h2-9,21,25,29H,10-13H2,1H3/b22-19+. The molecule has 168 valence electrons. The number of hydroxylamine groups is 1. The maximum atomic E-state index is 11.3. The molecule has 32 heavy (non-hydrogen) atoms. The number of halogens is 2. The minimum atomic E-state index is -0.561. The van der Waals surface area contributed by atoms with Gasteiger partial charge in [-0.1, -0.05) is 47.5 Å². The lowest BCUT2D eigenvalue weighted by Crippen LogP contribution is -2.48. The predicted molar refractivity (Wildman–Crippen MR) is 121 cm³/mol. The van der Waals surface area contributed by atoms with E-state index >= 15 is 0 Å². The highest BCUT2D eigenvalue weighted by Gasteiger charge is 2.36. The third-order valence-corrected chi connectivity index (χ3v) is 6.14. The normalized spacial score (nSPS) is 18.6. The summed E-state index contributed by atoms with van der Waals surface area (Å²) in [5.74, 6) is -0.0801. The van der Waals surface area contributed by atoms with Crippen molar-refractivity contribution in [3.8, 4) is 0 Å². The second kappa shape index (κ2) is 9.28. The van der Waals surface area contributed by atoms with Gasteiger partial charge in [-0.3, -0.25) is 15.0 Å². The fourth-order valence-corrected chi connectivity index (χ4v) is 4.28. The lowest BCUT2D eigenvalue weighted by Gasteiger charge is -2.40. The molecule has 8 nitrogen and oxygen atoms in total. The lowest BCUT2D eigenvalue weighted by atomic mass is 9.96. The van der Waals surface area contributed by atoms with Gasteiger partial charge in [-0.2, -0.15) is 0 Å². The molecule has 2 aromatic rings. The second-order valence-electron chi connectivity index (χ2n) is 7.59. The van der Waals surface area contributed by atoms with Gasteiger partial charge in [0.25, 0.3) is 0 Å². The first-order valence-electron chi connectivity index (χ1n) is 10.1. The molecule has 10 heteroatoms. The van der Waals surface area contributed by atoms with Gasteiger partial charge in [-0.15, -0.1) is 0 Å². The molecule has 2 N–H and O–H groups in total. The van der Waals surface area contributed by atoms with E-state index in [1.54, 1.807) is 4.90 Å². The van der Waals surface area contributed by atoms with Gasteiger partial charge in [0, 0.05) is 43.1 Å². The van der Waals surface area contributed by atoms with E-state index < -0.39 is 4.92 Å². The minimum absolute atomic E-state index is 0.0205. The number of allylic oxidation sites excluding steroid dienone is 1. The van der Waals surface area contributed by atoms with Crippen molar-refractivity contribution < 1.29 is 14.9 Å². The number of nitrogens with zero attached hydrogens (tertiary/aromatic N) is 3. The monoisotopic (exact) mass is 476 g/mol. The SMILES string of the molecule is CC1=C([N+](=O)[O-])/C(=C(\O)N2CCN(C(c3ccc(Cl)cc3)c3ccc(Cl)cc3)CC2)NO1. The Hall–Kier alpha value is -2.94. The van der Waals surface area contributed by atoms with Gasteiger partial charge in [-0.25, -0.2) is 5.48 Å². The van der Waals surface area contributed by atoms with Crippen LogP contribution in [0.2, 0.25) is 10.0 Å². The first kappa shape index (κ1) is 22.3. The van der Waals surface area contributed by atoms with Crippen LogP contribution in [0.25, 0.3) is 0 Å². The molecule has 2 aliphatic heterocycles. The summed E-state index contributed by atoms with van der Waals surface area (Å²) in [6, 6.07) is 15.5. The van der Waals surface area contributed by atoms with Gasteiger partial charge in [0.15, 0.2) is 0 Å². The zero-order valence-corrected chi connectivity index (χ0v) is 18.8. The molecule has 0 unspecified atom stereocenters. The van der Waals surface area contributed by atoms with Crippen molar-refractivity contribution in [1.82, 2.24) is 15.3 Å². The highest BCUT2D eigenvalue weighted by atomic mass is 35.5. The number of aliphatic hydroxyl groups excluding tert-OH is 1. The molecule has 0 radical (unpaired) electrons. The van der Waals surface area contributed by atoms with E-state index in [4.69, 9.17) is 28.0 Å². The van der Waals surface area contributed by atoms with Crippen molar-refractivity contribution in [2.45, 2.75) is 13.0 Å². The van der Waals surface area contributed by atoms with Gasteiger partial charge >= 0.3 is 5.70 Å². The van der Waals surface area contributed by atoms with Crippen LogP contribution < -0.4 is 5.48 Å². The number of nitrogens with one attached hydrogen (secondary N) is 1. The lowest BCUT2D eigenvalue weighted by molar-refractivity contribution is -0.422. The van der Waals surface area contributed by atoms with Crippen LogP contribution in [-0.4, -0.2) is 46.0 Å². The van der Waals surface area contributed by atoms with Crippen LogP contribution in [0.5, 0.6) is 0 Å². The smallest absolute Gasteiger partial charge is 0.341 e. The largest absolute Gasteiger partial charge is 0.493 e. The number of rotatable bonds is 5. The van der Waals surface area contributed by atoms with Gasteiger partial charge in [0.2, 0.25) is 17.3 Å². The number of nitro groups is 1. The van der Waals surface area contributed by atoms with Crippen molar-refractivity contribution in [2.24, 2.45) is 0 Å². The molecule has 0 aliphatic carbocycles. The van der Waals surface area contributed by atoms with E-state index in [0.717, 1.165) is 11.1 Å². The Morgan fingerprint density at radius 3 is 2.00 bits per heavy atom. The Balaban J connectivity index is 1.56. The summed E-state index contributed by atoms with van der Waals surface area (Å²) < 4.78 is 0. The molecular formula is C22H22Cl2N4O4. The Morgan fingerprint density at radius 1 is 1.03 bits per heavy atom. The summed E-state index contributed by atoms with van der Waals surface area (Å²) in [5, 5.41) is 23.4. The molecule has 4 rings (SSSR count). The minimum Gasteiger partial charge on any atom is -0.493 e. The molecule has 2 heterocycles. The zero-order chi connectivity index (χ0) is 22.8. The first-order valence-corrected chi connectivity index (χ1v) is 10.8. The van der Waals surface area contributed by atoms with Crippen LogP contribution >= 0.6 is 23.2 Å². The average molecular weight is 477 g/mol. The number of hydrogen-bond acceptors (Lipinski definition) is 7. The second-order valence-corrected chi connectivity index (χ2v) is 8.47. The van der Waals surface area contributed by atoms with Crippen molar-refractivity contribution in [1.29, 1.82) is 0 Å². The first-order chi connectivity index (χ1) is 15.3. The number of hydrogen-bond donors (Lipinski definition) is 2. The number of benzene rings is 2. The Morgan fingerprint density at radius 2 is 1.53 bits per heavy atom. The molecule has 2 aliphatic rings. The van der Waals surface area contributed by atoms with Gasteiger partial charge in [-0.05, 0) is 35.4 Å². The van der Waals surface area contributed by atoms with E-state index in [9.17, 15) is 15.2 Å². The van der Waals surface area contributed by atoms with Gasteiger partial charge in [0.05, 0.1) is 11.0 Å². The van der Waals surface area contributed by atoms with E-state index in [2.05, 4.69) is 10.4 Å². The molecule has 0 spiro atoms. The van der Waals surface area contributed by atoms with Crippen molar-refractivity contribution in [3.63, 3.8) is 0 Å². The quantitative estimate of drug-likeness (QED) is 0.373. The molecule has 0 atom stereocenters. The van der Waals surface area contributed by atoms with Gasteiger partial charge < -0.3 is 14.8 Å². The molecular weight excluding hydrogens is 455 g/mol. The number of aliphatic hydroxyl groups is 1. The summed E-state index contributed by atoms with van der Waals surface area (Å²) in [7, 11) is 0. The fourth-order valence-electron chi connectivity index (χ4n) is 4.03. The topological polar surface area (TPSA) is 91.1 Å². The fraction of sp³-hybridized carbons (Fsp3) is 0.273. The summed E-state index contributed by atoms with van der Waals surface area (Å²) in [4.78, 5) is 19.9. The van der Waals surface area contributed by atoms with Crippen LogP contribution in [0.4, 0.5) is 0 Å². The van der Waals surface area contributed by atoms with Crippen LogP contribution in [0.1, 0.15) is 24.1 Å². The maximum absolute atomic E-state index is 11.3. The molecule has 1 saturated heterocycles. The van der Waals surface area contributed by atoms with Crippen molar-refractivity contribution >= 4 is 23.2 Å². The van der Waals surface area contributed by atoms with E-state index in [1.165, 1.54) is 6.92 Å². The Labute approximate surface area is 195 Å². The molecule has 0 bridgehead atoms. The van der Waals surface area contributed by atoms with E-state index in [1.807, 2.05) is 48.5 Å². The third-order valence-electron chi connectivity index (χ3n) is 5.63. The molecule has 0 aromatic heterocycles. The molecule has 0 saturated carbocycles. The van der Waals surface area contributed by atoms with Crippen LogP contribution in [0.3, 0.4) is 0 Å². The highest BCUT2D eigenvalue weighted by molar-refractivity contribution is 6.30. The van der Waals surface area contributed by atoms with Crippen molar-refractivity contribution in [3.05, 3.63) is 103 Å². The van der Waals surface area contributed by atoms with Crippen LogP contribution in [0, 0.1) is 10.1 Å².